The lowest BCUT2D eigenvalue weighted by Gasteiger charge is -2.42. The van der Waals surface area contributed by atoms with Gasteiger partial charge in [0.2, 0.25) is 11.9 Å². The lowest BCUT2D eigenvalue weighted by Crippen LogP contribution is -2.58. The Morgan fingerprint density at radius 3 is 2.43 bits per heavy atom. The van der Waals surface area contributed by atoms with Gasteiger partial charge in [-0.3, -0.25) is 9.69 Å². The van der Waals surface area contributed by atoms with Gasteiger partial charge in [0.1, 0.15) is 11.5 Å². The average molecular weight is 496 g/mol. The highest BCUT2D eigenvalue weighted by Crippen LogP contribution is 2.33. The fraction of sp³-hybridized carbons (Fsp3) is 0.320. The lowest BCUT2D eigenvalue weighted by atomic mass is 10.1. The first kappa shape index (κ1) is 23.3. The molecule has 10 heteroatoms. The van der Waals surface area contributed by atoms with Crippen LogP contribution in [0.5, 0.6) is 11.5 Å². The van der Waals surface area contributed by atoms with Crippen molar-refractivity contribution in [1.29, 1.82) is 0 Å². The Balaban J connectivity index is 1.29. The molecule has 0 bridgehead atoms. The smallest absolute Gasteiger partial charge is 0.241 e. The van der Waals surface area contributed by atoms with Crippen LogP contribution in [-0.2, 0) is 9.53 Å². The molecule has 2 saturated heterocycles. The van der Waals surface area contributed by atoms with Crippen LogP contribution in [0.3, 0.4) is 0 Å². The average Bonchev–Trinajstić information content (AvgIpc) is 2.84. The third kappa shape index (κ3) is 4.88. The molecule has 2 aliphatic heterocycles. The molecule has 2 aliphatic rings. The second-order valence-corrected chi connectivity index (χ2v) is 8.77. The predicted molar refractivity (Wildman–Crippen MR) is 134 cm³/mol. The molecule has 0 radical (unpaired) electrons. The molecule has 9 nitrogen and oxygen atoms in total. The van der Waals surface area contributed by atoms with Crippen LogP contribution < -0.4 is 19.7 Å². The topological polar surface area (TPSA) is 89.1 Å². The van der Waals surface area contributed by atoms with Crippen LogP contribution >= 0.6 is 11.6 Å². The molecule has 0 aliphatic carbocycles. The largest absolute Gasteiger partial charge is 0.495 e. The Morgan fingerprint density at radius 1 is 1.00 bits per heavy atom. The van der Waals surface area contributed by atoms with Gasteiger partial charge in [-0.2, -0.15) is 0 Å². The monoisotopic (exact) mass is 495 g/mol. The van der Waals surface area contributed by atoms with Gasteiger partial charge < -0.3 is 24.4 Å². The number of carbonyl (C=O) groups excluding carboxylic acids is 1. The van der Waals surface area contributed by atoms with Gasteiger partial charge in [-0.15, -0.1) is 0 Å². The molecule has 2 aromatic carbocycles. The Hall–Kier alpha value is -3.40. The number of hydrogen-bond donors (Lipinski definition) is 1. The number of benzene rings is 2. The maximum absolute atomic E-state index is 12.8. The van der Waals surface area contributed by atoms with E-state index in [0.29, 0.717) is 60.5 Å². The van der Waals surface area contributed by atoms with E-state index in [0.717, 1.165) is 23.4 Å². The zero-order valence-electron chi connectivity index (χ0n) is 19.5. The number of nitrogens with zero attached hydrogens (tertiary/aromatic N) is 4. The van der Waals surface area contributed by atoms with Crippen molar-refractivity contribution in [3.8, 4) is 22.6 Å². The Bertz CT molecular complexity index is 1220. The molecule has 0 atom stereocenters. The summed E-state index contributed by atoms with van der Waals surface area (Å²) in [5, 5.41) is 3.74. The molecule has 2 fully saturated rings. The number of ether oxygens (including phenoxy) is 3. The normalized spacial score (nSPS) is 16.7. The molecule has 0 saturated carbocycles. The van der Waals surface area contributed by atoms with Crippen molar-refractivity contribution in [3.63, 3.8) is 0 Å². The van der Waals surface area contributed by atoms with Crippen molar-refractivity contribution in [3.05, 3.63) is 53.8 Å². The van der Waals surface area contributed by atoms with E-state index in [1.807, 2.05) is 30.3 Å². The Kier molecular flexibility index (Phi) is 6.72. The highest BCUT2D eigenvalue weighted by Gasteiger charge is 2.33. The van der Waals surface area contributed by atoms with Crippen LogP contribution in [0.4, 0.5) is 17.3 Å². The Labute approximate surface area is 208 Å². The first-order valence-electron chi connectivity index (χ1n) is 11.3. The summed E-state index contributed by atoms with van der Waals surface area (Å²) < 4.78 is 16.1. The van der Waals surface area contributed by atoms with Crippen LogP contribution in [0.2, 0.25) is 5.02 Å². The number of methoxy groups -OCH3 is 2. The molecule has 5 rings (SSSR count). The SMILES string of the molecule is COc1cc(-c2cnc(Nc3ccc(N4CCN(C5COC5)CC4=O)cc3OC)nc2)ccc1Cl. The van der Waals surface area contributed by atoms with Gasteiger partial charge in [0.15, 0.2) is 0 Å². The number of aromatic nitrogens is 2. The lowest BCUT2D eigenvalue weighted by molar-refractivity contribution is -0.127. The molecule has 0 unspecified atom stereocenters. The minimum atomic E-state index is 0.0728. The van der Waals surface area contributed by atoms with Crippen molar-refractivity contribution >= 4 is 34.8 Å². The van der Waals surface area contributed by atoms with Crippen LogP contribution in [0.15, 0.2) is 48.8 Å². The number of anilines is 3. The van der Waals surface area contributed by atoms with Gasteiger partial charge in [-0.25, -0.2) is 9.97 Å². The third-order valence-corrected chi connectivity index (χ3v) is 6.58. The number of carbonyl (C=O) groups is 1. The van der Waals surface area contributed by atoms with Crippen molar-refractivity contribution < 1.29 is 19.0 Å². The number of hydrogen-bond acceptors (Lipinski definition) is 8. The second-order valence-electron chi connectivity index (χ2n) is 8.36. The molecule has 182 valence electrons. The van der Waals surface area contributed by atoms with E-state index >= 15 is 0 Å². The minimum absolute atomic E-state index is 0.0728. The highest BCUT2D eigenvalue weighted by molar-refractivity contribution is 6.32. The van der Waals surface area contributed by atoms with Crippen molar-refractivity contribution in [1.82, 2.24) is 14.9 Å². The van der Waals surface area contributed by atoms with Crippen molar-refractivity contribution in [2.75, 3.05) is 57.3 Å². The fourth-order valence-electron chi connectivity index (χ4n) is 4.16. The zero-order valence-corrected chi connectivity index (χ0v) is 20.3. The zero-order chi connectivity index (χ0) is 24.4. The van der Waals surface area contributed by atoms with E-state index in [-0.39, 0.29) is 5.91 Å². The first-order valence-corrected chi connectivity index (χ1v) is 11.7. The summed E-state index contributed by atoms with van der Waals surface area (Å²) in [7, 11) is 3.17. The van der Waals surface area contributed by atoms with E-state index in [1.54, 1.807) is 37.6 Å². The van der Waals surface area contributed by atoms with Gasteiger partial charge >= 0.3 is 0 Å². The standard InChI is InChI=1S/C25H26ClN5O4/c1-33-22-9-16(3-5-20(22)26)17-11-27-25(28-12-17)29-21-6-4-18(10-23(21)34-2)31-8-7-30(13-24(31)32)19-14-35-15-19/h3-6,9-12,19H,7-8,13-15H2,1-2H3,(H,27,28,29). The maximum Gasteiger partial charge on any atom is 0.241 e. The van der Waals surface area contributed by atoms with Gasteiger partial charge in [0.25, 0.3) is 0 Å². The summed E-state index contributed by atoms with van der Waals surface area (Å²) >= 11 is 6.12. The van der Waals surface area contributed by atoms with E-state index in [2.05, 4.69) is 20.2 Å². The van der Waals surface area contributed by atoms with Crippen LogP contribution in [0.1, 0.15) is 0 Å². The van der Waals surface area contributed by atoms with Crippen LogP contribution in [0, 0.1) is 0 Å². The van der Waals surface area contributed by atoms with E-state index in [1.165, 1.54) is 0 Å². The molecular weight excluding hydrogens is 470 g/mol. The number of rotatable bonds is 7. The molecule has 1 aromatic heterocycles. The molecule has 1 amide bonds. The molecule has 3 heterocycles. The quantitative estimate of drug-likeness (QED) is 0.532. The van der Waals surface area contributed by atoms with Crippen molar-refractivity contribution in [2.24, 2.45) is 0 Å². The molecule has 1 N–H and O–H groups in total. The number of nitrogens with one attached hydrogen (secondary N) is 1. The van der Waals surface area contributed by atoms with E-state index in [9.17, 15) is 4.79 Å². The van der Waals surface area contributed by atoms with Crippen LogP contribution in [0.25, 0.3) is 11.1 Å². The van der Waals surface area contributed by atoms with Gasteiger partial charge in [-0.05, 0) is 29.8 Å². The minimum Gasteiger partial charge on any atom is -0.495 e. The number of piperazine rings is 1. The van der Waals surface area contributed by atoms with Crippen molar-refractivity contribution in [2.45, 2.75) is 6.04 Å². The summed E-state index contributed by atoms with van der Waals surface area (Å²) in [5.41, 5.74) is 3.23. The second kappa shape index (κ2) is 10.1. The molecule has 0 spiro atoms. The highest BCUT2D eigenvalue weighted by atomic mass is 35.5. The van der Waals surface area contributed by atoms with Crippen LogP contribution in [-0.4, -0.2) is 73.9 Å². The Morgan fingerprint density at radius 2 is 1.77 bits per heavy atom. The fourth-order valence-corrected chi connectivity index (χ4v) is 4.36. The first-order chi connectivity index (χ1) is 17.1. The van der Waals surface area contributed by atoms with Gasteiger partial charge in [0.05, 0.1) is 50.7 Å². The summed E-state index contributed by atoms with van der Waals surface area (Å²) in [4.78, 5) is 25.6. The number of halogens is 1. The van der Waals surface area contributed by atoms with Gasteiger partial charge in [-0.1, -0.05) is 17.7 Å². The summed E-state index contributed by atoms with van der Waals surface area (Å²) in [6.45, 7) is 3.26. The molecular formula is C25H26ClN5O4. The predicted octanol–water partition coefficient (Wildman–Crippen LogP) is 3.61. The summed E-state index contributed by atoms with van der Waals surface area (Å²) in [5.74, 6) is 1.69. The molecule has 35 heavy (non-hydrogen) atoms. The number of amides is 1. The van der Waals surface area contributed by atoms with E-state index < -0.39 is 0 Å². The third-order valence-electron chi connectivity index (χ3n) is 6.27. The van der Waals surface area contributed by atoms with Gasteiger partial charge in [0, 0.05) is 42.8 Å². The maximum atomic E-state index is 12.8. The molecule has 3 aromatic rings. The van der Waals surface area contributed by atoms with E-state index in [4.69, 9.17) is 25.8 Å². The summed E-state index contributed by atoms with van der Waals surface area (Å²) in [6, 6.07) is 11.5. The summed E-state index contributed by atoms with van der Waals surface area (Å²) in [6.07, 6.45) is 3.45.